The highest BCUT2D eigenvalue weighted by atomic mass is 16.6. The van der Waals surface area contributed by atoms with Gasteiger partial charge >= 0.3 is 0 Å². The van der Waals surface area contributed by atoms with E-state index in [1.165, 1.54) is 0 Å². The number of carbonyl (C=O) groups is 6. The fourth-order valence-corrected chi connectivity index (χ4v) is 5.12. The van der Waals surface area contributed by atoms with Crippen LogP contribution in [-0.4, -0.2) is 154 Å². The van der Waals surface area contributed by atoms with Gasteiger partial charge < -0.3 is 42.6 Å². The van der Waals surface area contributed by atoms with Crippen molar-refractivity contribution in [2.24, 2.45) is 35.5 Å². The standard InChI is InChI=1S/C19H36O6.C17H32O5.C15H28O4/c1-16(2)14-18(20)6-5-7-22-8-9-23-10-11-24-12-13-25-15-19(21)17(3)4;1-14(2)12-16(18)6-5-7-20-8-9-21-10-11-22-13-17(19)15(3)4;1-12(2)10-14(16)6-5-7-18-8-9-19-11-15(17)13(3)4/h16-17H,5-15H2,1-4H3;14-15H,5-13H2,1-4H3;12-13H,5-11H2,1-4H3. The number of ketones is 6. The van der Waals surface area contributed by atoms with Gasteiger partial charge in [0.05, 0.1) is 79.3 Å². The highest BCUT2D eigenvalue weighted by molar-refractivity contribution is 5.82. The minimum Gasteiger partial charge on any atom is -0.379 e. The Morgan fingerprint density at radius 2 is 0.455 bits per heavy atom. The van der Waals surface area contributed by atoms with Crippen LogP contribution in [-0.2, 0) is 71.4 Å². The van der Waals surface area contributed by atoms with E-state index in [1.54, 1.807) is 0 Å². The SMILES string of the molecule is CC(C)CC(=O)CCCOCCOCC(=O)C(C)C.CC(C)CC(=O)CCCOCCOCCOCC(=O)C(C)C.CC(C)CC(=O)CCCOCCOCCOCCOCC(=O)C(C)C. The van der Waals surface area contributed by atoms with Gasteiger partial charge in [-0.2, -0.15) is 0 Å². The van der Waals surface area contributed by atoms with Crippen LogP contribution in [0.4, 0.5) is 0 Å². The number of rotatable bonds is 45. The summed E-state index contributed by atoms with van der Waals surface area (Å²) in [7, 11) is 0. The fraction of sp³-hybridized carbons (Fsp3) is 0.882. The van der Waals surface area contributed by atoms with Gasteiger partial charge in [-0.05, 0) is 37.0 Å². The Hall–Kier alpha value is -2.34. The molecule has 0 N–H and O–H groups in total. The molecule has 0 heterocycles. The molecule has 0 saturated heterocycles. The van der Waals surface area contributed by atoms with E-state index in [1.807, 2.05) is 69.2 Å². The highest BCUT2D eigenvalue weighted by Gasteiger charge is 2.10. The number of ether oxygens (including phenoxy) is 9. The van der Waals surface area contributed by atoms with E-state index in [0.717, 1.165) is 19.3 Å². The van der Waals surface area contributed by atoms with Crippen LogP contribution in [0.5, 0.6) is 0 Å². The van der Waals surface area contributed by atoms with Crippen molar-refractivity contribution in [2.45, 2.75) is 141 Å². The Morgan fingerprint density at radius 1 is 0.273 bits per heavy atom. The van der Waals surface area contributed by atoms with Crippen molar-refractivity contribution < 1.29 is 71.4 Å². The molecule has 0 aromatic heterocycles. The van der Waals surface area contributed by atoms with Crippen LogP contribution in [0.2, 0.25) is 0 Å². The maximum atomic E-state index is 11.5. The van der Waals surface area contributed by atoms with Gasteiger partial charge in [0, 0.05) is 76.1 Å². The average molecular weight is 949 g/mol. The molecule has 0 bridgehead atoms. The zero-order chi connectivity index (χ0) is 50.4. The predicted octanol–water partition coefficient (Wildman–Crippen LogP) is 7.97. The van der Waals surface area contributed by atoms with E-state index in [2.05, 4.69) is 13.8 Å². The third kappa shape index (κ3) is 56.0. The second-order valence-corrected chi connectivity index (χ2v) is 18.4. The molecular weight excluding hydrogens is 853 g/mol. The summed E-state index contributed by atoms with van der Waals surface area (Å²) in [5.41, 5.74) is 0. The molecule has 66 heavy (non-hydrogen) atoms. The number of Topliss-reactive ketones (excluding diaryl/α,β-unsaturated/α-hetero) is 6. The largest absolute Gasteiger partial charge is 0.379 e. The summed E-state index contributed by atoms with van der Waals surface area (Å²) in [6, 6.07) is 0. The Kier molecular flexibility index (Phi) is 50.5. The highest BCUT2D eigenvalue weighted by Crippen LogP contribution is 2.07. The van der Waals surface area contributed by atoms with Crippen LogP contribution < -0.4 is 0 Å². The fourth-order valence-electron chi connectivity index (χ4n) is 5.12. The molecule has 0 spiro atoms. The van der Waals surface area contributed by atoms with Gasteiger partial charge in [-0.3, -0.25) is 28.8 Å². The van der Waals surface area contributed by atoms with Crippen LogP contribution in [0.3, 0.4) is 0 Å². The molecule has 15 nitrogen and oxygen atoms in total. The van der Waals surface area contributed by atoms with Crippen molar-refractivity contribution in [3.05, 3.63) is 0 Å². The topological polar surface area (TPSA) is 185 Å². The van der Waals surface area contributed by atoms with Gasteiger partial charge in [-0.15, -0.1) is 0 Å². The van der Waals surface area contributed by atoms with Crippen molar-refractivity contribution in [3.8, 4) is 0 Å². The lowest BCUT2D eigenvalue weighted by molar-refractivity contribution is -0.127. The first-order valence-corrected chi connectivity index (χ1v) is 24.6. The molecule has 0 aliphatic rings. The number of carbonyl (C=O) groups excluding carboxylic acids is 6. The van der Waals surface area contributed by atoms with Gasteiger partial charge in [0.1, 0.15) is 37.2 Å². The molecule has 0 aliphatic carbocycles. The lowest BCUT2D eigenvalue weighted by atomic mass is 10.0. The maximum Gasteiger partial charge on any atom is 0.160 e. The normalized spacial score (nSPS) is 11.4. The van der Waals surface area contributed by atoms with Crippen LogP contribution in [0.15, 0.2) is 0 Å². The minimum atomic E-state index is 0.0112. The molecule has 0 fully saturated rings. The molecule has 0 unspecified atom stereocenters. The van der Waals surface area contributed by atoms with Crippen LogP contribution in [0.1, 0.15) is 141 Å². The van der Waals surface area contributed by atoms with Crippen LogP contribution in [0, 0.1) is 35.5 Å². The summed E-state index contributed by atoms with van der Waals surface area (Å²) in [6.45, 7) is 31.4. The number of hydrogen-bond acceptors (Lipinski definition) is 15. The van der Waals surface area contributed by atoms with E-state index in [4.69, 9.17) is 42.6 Å². The third-order valence-electron chi connectivity index (χ3n) is 9.04. The zero-order valence-corrected chi connectivity index (χ0v) is 43.7. The van der Waals surface area contributed by atoms with E-state index in [0.29, 0.717) is 173 Å². The molecule has 0 aromatic rings. The summed E-state index contributed by atoms with van der Waals surface area (Å²) in [6.07, 6.45) is 6.04. The third-order valence-corrected chi connectivity index (χ3v) is 9.04. The van der Waals surface area contributed by atoms with Crippen molar-refractivity contribution in [3.63, 3.8) is 0 Å². The Labute approximate surface area is 400 Å². The van der Waals surface area contributed by atoms with E-state index < -0.39 is 0 Å². The van der Waals surface area contributed by atoms with Crippen LogP contribution in [0.25, 0.3) is 0 Å². The lowest BCUT2D eigenvalue weighted by Crippen LogP contribution is -2.17. The molecule has 0 saturated carbocycles. The van der Waals surface area contributed by atoms with E-state index in [9.17, 15) is 28.8 Å². The summed E-state index contributed by atoms with van der Waals surface area (Å²) in [4.78, 5) is 68.2. The first kappa shape index (κ1) is 67.9. The van der Waals surface area contributed by atoms with Gasteiger partial charge in [0.25, 0.3) is 0 Å². The molecule has 0 atom stereocenters. The monoisotopic (exact) mass is 949 g/mol. The molecule has 0 aliphatic heterocycles. The van der Waals surface area contributed by atoms with Crippen molar-refractivity contribution in [1.29, 1.82) is 0 Å². The van der Waals surface area contributed by atoms with E-state index in [-0.39, 0.29) is 54.9 Å². The minimum absolute atomic E-state index is 0.0112. The molecule has 0 rings (SSSR count). The molecule has 0 aromatic carbocycles. The molecule has 0 radical (unpaired) electrons. The smallest absolute Gasteiger partial charge is 0.160 e. The second-order valence-electron chi connectivity index (χ2n) is 18.4. The average Bonchev–Trinajstić information content (AvgIpc) is 3.23. The van der Waals surface area contributed by atoms with Gasteiger partial charge in [0.15, 0.2) is 17.3 Å². The lowest BCUT2D eigenvalue weighted by Gasteiger charge is -2.08. The Morgan fingerprint density at radius 3 is 0.636 bits per heavy atom. The molecule has 0 amide bonds. The number of hydrogen-bond donors (Lipinski definition) is 0. The summed E-state index contributed by atoms with van der Waals surface area (Å²) >= 11 is 0. The second kappa shape index (κ2) is 49.1. The maximum absolute atomic E-state index is 11.5. The van der Waals surface area contributed by atoms with Gasteiger partial charge in [-0.1, -0.05) is 83.1 Å². The molecular formula is C51H96O15. The quantitative estimate of drug-likeness (QED) is 0.0535. The predicted molar refractivity (Wildman–Crippen MR) is 258 cm³/mol. The first-order chi connectivity index (χ1) is 31.3. The Bertz CT molecular complexity index is 1180. The summed E-state index contributed by atoms with van der Waals surface area (Å²) in [5.74, 6) is 2.58. The van der Waals surface area contributed by atoms with Crippen LogP contribution >= 0.6 is 0 Å². The van der Waals surface area contributed by atoms with E-state index >= 15 is 0 Å². The summed E-state index contributed by atoms with van der Waals surface area (Å²) in [5, 5.41) is 0. The van der Waals surface area contributed by atoms with Crippen molar-refractivity contribution >= 4 is 34.7 Å². The van der Waals surface area contributed by atoms with Crippen molar-refractivity contribution in [2.75, 3.05) is 119 Å². The molecule has 15 heteroatoms. The van der Waals surface area contributed by atoms with Gasteiger partial charge in [-0.25, -0.2) is 0 Å². The Balaban J connectivity index is -0.000000911. The zero-order valence-electron chi connectivity index (χ0n) is 43.7. The molecule has 390 valence electrons. The summed E-state index contributed by atoms with van der Waals surface area (Å²) < 4.78 is 47.8. The van der Waals surface area contributed by atoms with Crippen molar-refractivity contribution in [1.82, 2.24) is 0 Å². The first-order valence-electron chi connectivity index (χ1n) is 24.6. The van der Waals surface area contributed by atoms with Gasteiger partial charge in [0.2, 0.25) is 0 Å².